The van der Waals surface area contributed by atoms with Gasteiger partial charge in [0.1, 0.15) is 0 Å². The molecule has 0 atom stereocenters. The molecule has 0 aliphatic heterocycles. The monoisotopic (exact) mass is 871 g/mol. The molecule has 1 aromatic heterocycles. The Morgan fingerprint density at radius 3 is 1.98 bits per heavy atom. The van der Waals surface area contributed by atoms with Crippen LogP contribution < -0.4 is 19.9 Å². The molecule has 302 valence electrons. The van der Waals surface area contributed by atoms with Gasteiger partial charge in [-0.1, -0.05) is 13.8 Å². The number of hydrogen-bond acceptors (Lipinski definition) is 10. The van der Waals surface area contributed by atoms with Crippen molar-refractivity contribution in [1.82, 2.24) is 15.1 Å². The van der Waals surface area contributed by atoms with Crippen molar-refractivity contribution in [2.24, 2.45) is 11.1 Å². The second-order valence-electron chi connectivity index (χ2n) is 15.6. The molecule has 14 heteroatoms. The topological polar surface area (TPSA) is 165 Å². The largest absolute Gasteiger partial charge is 0.294 e. The third-order valence-corrected chi connectivity index (χ3v) is 15.1. The summed E-state index contributed by atoms with van der Waals surface area (Å²) in [5, 5.41) is 11.0. The van der Waals surface area contributed by atoms with Crippen molar-refractivity contribution in [1.29, 1.82) is 0 Å². The first-order valence-corrected chi connectivity index (χ1v) is 29.3. The van der Waals surface area contributed by atoms with Gasteiger partial charge < -0.3 is 25.3 Å². The van der Waals surface area contributed by atoms with Crippen molar-refractivity contribution in [3.63, 3.8) is 0 Å². The smallest absolute Gasteiger partial charge is 0.167 e. The van der Waals surface area contributed by atoms with E-state index in [9.17, 15) is 14.4 Å². The summed E-state index contributed by atoms with van der Waals surface area (Å²) >= 11 is -2.21. The number of primary amides is 1. The van der Waals surface area contributed by atoms with Crippen LogP contribution in [0.25, 0.3) is 5.69 Å². The molecule has 1 aliphatic carbocycles. The number of nitrogens with one attached hydrogen (secondary N) is 2. The molecule has 55 heavy (non-hydrogen) atoms. The molecule has 0 unspecified atom stereocenters. The van der Waals surface area contributed by atoms with Crippen molar-refractivity contribution in [2.75, 3.05) is 84.5 Å². The molecule has 1 heterocycles. The maximum Gasteiger partial charge on any atom is 0.167 e. The maximum absolute atomic E-state index is 12.9. The van der Waals surface area contributed by atoms with E-state index in [0.29, 0.717) is 115 Å². The van der Waals surface area contributed by atoms with Crippen LogP contribution in [0.1, 0.15) is 75.6 Å². The minimum atomic E-state index is -2.21. The summed E-state index contributed by atoms with van der Waals surface area (Å²) in [5.74, 6) is -0.439. The molecule has 0 fully saturated rings. The van der Waals surface area contributed by atoms with Gasteiger partial charge in [-0.2, -0.15) is 5.10 Å². The first kappa shape index (κ1) is 44.4. The average molecular weight is 871 g/mol. The second kappa shape index (κ2) is 21.8. The summed E-state index contributed by atoms with van der Waals surface area (Å²) in [5.41, 5.74) is 10.3. The van der Waals surface area contributed by atoms with Crippen molar-refractivity contribution in [2.45, 2.75) is 61.3 Å². The van der Waals surface area contributed by atoms with E-state index in [2.05, 4.69) is 45.4 Å². The number of nitrogens with two attached hydrogens (primary N) is 1. The fraction of sp³-hybridized carbons (Fsp3) is 0.561. The Bertz CT molecular complexity index is 1720. The molecular formula is C41H61N5O8Sn. The van der Waals surface area contributed by atoms with Gasteiger partial charge in [-0.15, -0.1) is 0 Å². The Morgan fingerprint density at radius 2 is 1.40 bits per heavy atom. The first-order valence-electron chi connectivity index (χ1n) is 19.3. The number of ketones is 1. The molecule has 0 saturated carbocycles. The molecular weight excluding hydrogens is 809 g/mol. The second-order valence-corrected chi connectivity index (χ2v) is 30.1. The summed E-state index contributed by atoms with van der Waals surface area (Å²) in [6.07, 6.45) is 2.68. The molecule has 0 bridgehead atoms. The van der Waals surface area contributed by atoms with Crippen LogP contribution in [-0.2, 0) is 30.1 Å². The van der Waals surface area contributed by atoms with Crippen molar-refractivity contribution in [3.8, 4) is 5.69 Å². The fourth-order valence-corrected chi connectivity index (χ4v) is 9.74. The van der Waals surface area contributed by atoms with Crippen molar-refractivity contribution >= 4 is 45.2 Å². The number of benzene rings is 2. The summed E-state index contributed by atoms with van der Waals surface area (Å²) in [4.78, 5) is 44.5. The van der Waals surface area contributed by atoms with E-state index in [4.69, 9.17) is 34.5 Å². The van der Waals surface area contributed by atoms with E-state index in [1.165, 1.54) is 3.58 Å². The number of rotatable bonds is 25. The number of hydrogen-bond donors (Lipinski definition) is 3. The van der Waals surface area contributed by atoms with Crippen LogP contribution in [0, 0.1) is 12.3 Å². The predicted molar refractivity (Wildman–Crippen MR) is 217 cm³/mol. The Morgan fingerprint density at radius 1 is 0.818 bits per heavy atom. The number of aromatic nitrogens is 2. The van der Waals surface area contributed by atoms with Crippen LogP contribution >= 0.6 is 0 Å². The van der Waals surface area contributed by atoms with Crippen LogP contribution in [0.2, 0.25) is 14.8 Å². The van der Waals surface area contributed by atoms with E-state index in [1.54, 1.807) is 6.07 Å². The zero-order valence-corrected chi connectivity index (χ0v) is 36.4. The number of fused-ring (bicyclic) bond motifs is 1. The number of carbonyl (C=O) groups is 3. The van der Waals surface area contributed by atoms with Gasteiger partial charge in [0.15, 0.2) is 5.78 Å². The number of carbonyl (C=O) groups excluding carboxylic acids is 3. The van der Waals surface area contributed by atoms with Crippen LogP contribution in [-0.4, -0.2) is 125 Å². The Balaban J connectivity index is 0.974. The first-order chi connectivity index (χ1) is 26.3. The van der Waals surface area contributed by atoms with E-state index in [1.807, 2.05) is 41.9 Å². The van der Waals surface area contributed by atoms with E-state index in [0.717, 1.165) is 29.8 Å². The molecule has 0 saturated heterocycles. The number of Topliss-reactive ketones (excluding diaryl/α,β-unsaturated/α-hetero) is 1. The molecule has 2 aromatic carbocycles. The minimum Gasteiger partial charge on any atom is -0.294 e. The zero-order valence-electron chi connectivity index (χ0n) is 33.6. The summed E-state index contributed by atoms with van der Waals surface area (Å²) < 4.78 is 31.2. The van der Waals surface area contributed by atoms with Gasteiger partial charge in [0, 0.05) is 25.3 Å². The molecule has 13 nitrogen and oxygen atoms in total. The van der Waals surface area contributed by atoms with E-state index >= 15 is 0 Å². The van der Waals surface area contributed by atoms with Gasteiger partial charge in [0.05, 0.1) is 67.8 Å². The fourth-order valence-electron chi connectivity index (χ4n) is 6.36. The molecule has 4 rings (SSSR count). The third-order valence-electron chi connectivity index (χ3n) is 9.24. The van der Waals surface area contributed by atoms with Crippen molar-refractivity contribution in [3.05, 3.63) is 70.5 Å². The van der Waals surface area contributed by atoms with Crippen LogP contribution in [0.15, 0.2) is 42.5 Å². The number of nitrogens with zero attached hydrogens (tertiary/aromatic N) is 2. The summed E-state index contributed by atoms with van der Waals surface area (Å²) in [7, 11) is 0. The zero-order chi connectivity index (χ0) is 39.8. The molecule has 3 aromatic rings. The minimum absolute atomic E-state index is 0.0350. The van der Waals surface area contributed by atoms with Gasteiger partial charge in [-0.05, 0) is 43.4 Å². The quantitative estimate of drug-likeness (QED) is 0.0805. The predicted octanol–water partition coefficient (Wildman–Crippen LogP) is 4.69. The normalized spacial score (nSPS) is 13.8. The van der Waals surface area contributed by atoms with Crippen LogP contribution in [0.3, 0.4) is 0 Å². The summed E-state index contributed by atoms with van der Waals surface area (Å²) in [6, 6.07) is 13.4. The molecule has 4 N–H and O–H groups in total. The van der Waals surface area contributed by atoms with Crippen LogP contribution in [0.4, 0.5) is 5.69 Å². The number of ether oxygens (including phenoxy) is 5. The third kappa shape index (κ3) is 14.3. The van der Waals surface area contributed by atoms with E-state index in [-0.39, 0.29) is 17.1 Å². The van der Waals surface area contributed by atoms with Gasteiger partial charge >= 0.3 is 125 Å². The van der Waals surface area contributed by atoms with Crippen molar-refractivity contribution < 1.29 is 38.1 Å². The summed E-state index contributed by atoms with van der Waals surface area (Å²) in [6.45, 7) is 12.0. The van der Waals surface area contributed by atoms with Crippen LogP contribution in [0.5, 0.6) is 0 Å². The molecule has 0 radical (unpaired) electrons. The molecule has 0 spiro atoms. The number of amides is 2. The Labute approximate surface area is 330 Å². The number of anilines is 1. The van der Waals surface area contributed by atoms with Gasteiger partial charge in [0.2, 0.25) is 0 Å². The Kier molecular flexibility index (Phi) is 17.6. The molecule has 2 amide bonds. The van der Waals surface area contributed by atoms with Gasteiger partial charge in [0.25, 0.3) is 5.91 Å². The van der Waals surface area contributed by atoms with E-state index < -0.39 is 24.3 Å². The maximum atomic E-state index is 12.9. The van der Waals surface area contributed by atoms with Gasteiger partial charge in [-0.3, -0.25) is 9.59 Å². The SMILES string of the molecule is Cc1nn(-c2ccc(C(N)=O)c(NCCCOCCOCCOCCOCCOCCCNC(=O)c3ccc[c]([Sn]([CH3])([CH3])[CH3])c3)c2)c2c1C(=O)CC(C)(C)C2. The number of aryl methyl sites for hydroxylation is 1. The van der Waals surface area contributed by atoms with Gasteiger partial charge in [-0.25, -0.2) is 4.68 Å². The standard InChI is InChI=1S/C38H52N5O8.3CH3.Sn/c1-28-35-33(26-38(2,3)27-34(35)44)43(42-28)30-11-12-31(36(39)45)32(25-30)40-13-7-15-47-17-19-49-21-23-51-24-22-50-20-18-48-16-8-14-41-37(46)29-9-5-4-6-10-29;;;;/h4-5,9-12,25,40H,7-8,13-24,26-27H2,1-3H3,(H2,39,45)(H,41,46);3*1H3;. The molecule has 1 aliphatic rings. The Hall–Kier alpha value is -3.34. The average Bonchev–Trinajstić information content (AvgIpc) is 3.46.